The second-order valence-electron chi connectivity index (χ2n) is 3.64. The van der Waals surface area contributed by atoms with E-state index in [2.05, 4.69) is 28.2 Å². The van der Waals surface area contributed by atoms with Gasteiger partial charge in [0.1, 0.15) is 5.01 Å². The third-order valence-corrected chi connectivity index (χ3v) is 3.57. The lowest BCUT2D eigenvalue weighted by atomic mass is 10.2. The Labute approximate surface area is 104 Å². The van der Waals surface area contributed by atoms with Crippen LogP contribution in [-0.4, -0.2) is 9.97 Å². The minimum atomic E-state index is 1.05. The normalized spacial score (nSPS) is 10.4. The monoisotopic (exact) mass is 238 g/mol. The Balaban J connectivity index is 1.99. The van der Waals surface area contributed by atoms with Gasteiger partial charge in [0.2, 0.25) is 0 Å². The fourth-order valence-electron chi connectivity index (χ4n) is 1.63. The van der Waals surface area contributed by atoms with Crippen LogP contribution in [0.15, 0.2) is 61.1 Å². The van der Waals surface area contributed by atoms with E-state index in [4.69, 9.17) is 0 Å². The Morgan fingerprint density at radius 1 is 0.824 bits per heavy atom. The molecule has 3 aromatic rings. The van der Waals surface area contributed by atoms with E-state index in [0.29, 0.717) is 0 Å². The minimum absolute atomic E-state index is 1.05. The van der Waals surface area contributed by atoms with Gasteiger partial charge in [-0.05, 0) is 6.07 Å². The molecule has 0 bridgehead atoms. The molecule has 3 rings (SSSR count). The third kappa shape index (κ3) is 2.10. The zero-order valence-corrected chi connectivity index (χ0v) is 9.89. The molecule has 2 heterocycles. The molecule has 0 fully saturated rings. The first-order valence-corrected chi connectivity index (χ1v) is 6.17. The van der Waals surface area contributed by atoms with E-state index in [9.17, 15) is 0 Å². The summed E-state index contributed by atoms with van der Waals surface area (Å²) in [5.74, 6) is 0. The highest BCUT2D eigenvalue weighted by molar-refractivity contribution is 7.18. The average molecular weight is 238 g/mol. The summed E-state index contributed by atoms with van der Waals surface area (Å²) in [7, 11) is 0. The quantitative estimate of drug-likeness (QED) is 0.677. The van der Waals surface area contributed by atoms with Crippen LogP contribution in [0.25, 0.3) is 21.0 Å². The molecule has 1 aromatic carbocycles. The molecule has 2 nitrogen and oxygen atoms in total. The number of hydrogen-bond acceptors (Lipinski definition) is 3. The molecule has 0 unspecified atom stereocenters. The van der Waals surface area contributed by atoms with Crippen LogP contribution in [0, 0.1) is 0 Å². The topological polar surface area (TPSA) is 25.8 Å². The summed E-state index contributed by atoms with van der Waals surface area (Å²) in [6.45, 7) is 0. The molecular formula is C14H10N2S. The van der Waals surface area contributed by atoms with Crippen molar-refractivity contribution in [1.29, 1.82) is 0 Å². The van der Waals surface area contributed by atoms with Crippen LogP contribution in [0.2, 0.25) is 0 Å². The van der Waals surface area contributed by atoms with Gasteiger partial charge >= 0.3 is 0 Å². The molecule has 0 N–H and O–H groups in total. The third-order valence-electron chi connectivity index (χ3n) is 2.47. The van der Waals surface area contributed by atoms with Crippen molar-refractivity contribution in [3.05, 3.63) is 61.1 Å². The van der Waals surface area contributed by atoms with Crippen LogP contribution in [0.4, 0.5) is 0 Å². The summed E-state index contributed by atoms with van der Waals surface area (Å²) in [6.07, 6.45) is 5.55. The van der Waals surface area contributed by atoms with Gasteiger partial charge < -0.3 is 0 Å². The van der Waals surface area contributed by atoms with Gasteiger partial charge in [-0.2, -0.15) is 0 Å². The molecular weight excluding hydrogens is 228 g/mol. The van der Waals surface area contributed by atoms with Gasteiger partial charge in [0.05, 0.1) is 4.88 Å². The number of aromatic nitrogens is 2. The molecule has 0 radical (unpaired) electrons. The number of nitrogens with zero attached hydrogens (tertiary/aromatic N) is 2. The molecule has 0 saturated carbocycles. The molecule has 17 heavy (non-hydrogen) atoms. The van der Waals surface area contributed by atoms with Gasteiger partial charge in [-0.1, -0.05) is 36.4 Å². The van der Waals surface area contributed by atoms with Crippen LogP contribution in [0.3, 0.4) is 0 Å². The van der Waals surface area contributed by atoms with Crippen LogP contribution >= 0.6 is 11.3 Å². The summed E-state index contributed by atoms with van der Waals surface area (Å²) in [5.41, 5.74) is 2.28. The van der Waals surface area contributed by atoms with Crippen molar-refractivity contribution in [3.63, 3.8) is 0 Å². The molecule has 0 aliphatic rings. The Hall–Kier alpha value is -2.00. The van der Waals surface area contributed by atoms with Gasteiger partial charge in [0, 0.05) is 29.7 Å². The van der Waals surface area contributed by atoms with Crippen LogP contribution in [-0.2, 0) is 0 Å². The van der Waals surface area contributed by atoms with Crippen molar-refractivity contribution in [2.24, 2.45) is 0 Å². The van der Waals surface area contributed by atoms with Crippen LogP contribution in [0.5, 0.6) is 0 Å². The number of rotatable bonds is 2. The predicted octanol–water partition coefficient (Wildman–Crippen LogP) is 3.87. The zero-order valence-electron chi connectivity index (χ0n) is 9.08. The van der Waals surface area contributed by atoms with Crippen molar-refractivity contribution < 1.29 is 0 Å². The minimum Gasteiger partial charge on any atom is -0.264 e. The molecule has 0 aliphatic carbocycles. The van der Waals surface area contributed by atoms with Crippen molar-refractivity contribution in [1.82, 2.24) is 9.97 Å². The molecule has 0 amide bonds. The fraction of sp³-hybridized carbons (Fsp3) is 0. The van der Waals surface area contributed by atoms with E-state index in [-0.39, 0.29) is 0 Å². The van der Waals surface area contributed by atoms with Gasteiger partial charge in [-0.25, -0.2) is 4.98 Å². The fourth-order valence-corrected chi connectivity index (χ4v) is 2.54. The SMILES string of the molecule is c1ccc(-c2ncc(-c3cccnc3)s2)cc1. The van der Waals surface area contributed by atoms with Gasteiger partial charge in [-0.15, -0.1) is 11.3 Å². The zero-order chi connectivity index (χ0) is 11.5. The number of thiazole rings is 1. The van der Waals surface area contributed by atoms with E-state index in [1.807, 2.05) is 36.7 Å². The van der Waals surface area contributed by atoms with E-state index >= 15 is 0 Å². The first-order valence-electron chi connectivity index (χ1n) is 5.35. The molecule has 0 spiro atoms. The first-order chi connectivity index (χ1) is 8.43. The molecule has 0 atom stereocenters. The largest absolute Gasteiger partial charge is 0.264 e. The maximum Gasteiger partial charge on any atom is 0.123 e. The highest BCUT2D eigenvalue weighted by Crippen LogP contribution is 2.31. The lowest BCUT2D eigenvalue weighted by molar-refractivity contribution is 1.33. The maximum absolute atomic E-state index is 4.45. The summed E-state index contributed by atoms with van der Waals surface area (Å²) in [5, 5.41) is 1.05. The van der Waals surface area contributed by atoms with Crippen LogP contribution < -0.4 is 0 Å². The van der Waals surface area contributed by atoms with Crippen molar-refractivity contribution in [3.8, 4) is 21.0 Å². The molecule has 3 heteroatoms. The smallest absolute Gasteiger partial charge is 0.123 e. The number of benzene rings is 1. The van der Waals surface area contributed by atoms with Gasteiger partial charge in [0.15, 0.2) is 0 Å². The van der Waals surface area contributed by atoms with E-state index in [0.717, 1.165) is 21.0 Å². The first kappa shape index (κ1) is 10.2. The summed E-state index contributed by atoms with van der Waals surface area (Å²) in [4.78, 5) is 9.73. The van der Waals surface area contributed by atoms with Crippen molar-refractivity contribution >= 4 is 11.3 Å². The number of pyridine rings is 1. The summed E-state index contributed by atoms with van der Waals surface area (Å²) in [6, 6.07) is 14.2. The molecule has 0 saturated heterocycles. The Morgan fingerprint density at radius 2 is 1.65 bits per heavy atom. The highest BCUT2D eigenvalue weighted by atomic mass is 32.1. The maximum atomic E-state index is 4.45. The lowest BCUT2D eigenvalue weighted by Gasteiger charge is -1.94. The predicted molar refractivity (Wildman–Crippen MR) is 70.8 cm³/mol. The van der Waals surface area contributed by atoms with E-state index in [1.165, 1.54) is 0 Å². The lowest BCUT2D eigenvalue weighted by Crippen LogP contribution is -1.72. The van der Waals surface area contributed by atoms with Crippen molar-refractivity contribution in [2.45, 2.75) is 0 Å². The second kappa shape index (κ2) is 4.47. The second-order valence-corrected chi connectivity index (χ2v) is 4.67. The Kier molecular flexibility index (Phi) is 2.68. The Bertz CT molecular complexity index is 548. The standard InChI is InChI=1S/C14H10N2S/c1-2-5-11(6-3-1)14-16-10-13(17-14)12-7-4-8-15-9-12/h1-10H. The summed E-state index contributed by atoms with van der Waals surface area (Å²) >= 11 is 1.69. The van der Waals surface area contributed by atoms with Gasteiger partial charge in [-0.3, -0.25) is 4.98 Å². The molecule has 0 aliphatic heterocycles. The average Bonchev–Trinajstić information content (AvgIpc) is 2.90. The summed E-state index contributed by atoms with van der Waals surface area (Å²) < 4.78 is 0. The van der Waals surface area contributed by atoms with Gasteiger partial charge in [0.25, 0.3) is 0 Å². The van der Waals surface area contributed by atoms with E-state index < -0.39 is 0 Å². The number of hydrogen-bond donors (Lipinski definition) is 0. The van der Waals surface area contributed by atoms with Crippen molar-refractivity contribution in [2.75, 3.05) is 0 Å². The van der Waals surface area contributed by atoms with E-state index in [1.54, 1.807) is 17.5 Å². The molecule has 2 aromatic heterocycles. The molecule has 82 valence electrons. The highest BCUT2D eigenvalue weighted by Gasteiger charge is 2.05. The Morgan fingerprint density at radius 3 is 2.41 bits per heavy atom. The van der Waals surface area contributed by atoms with Crippen LogP contribution in [0.1, 0.15) is 0 Å².